The summed E-state index contributed by atoms with van der Waals surface area (Å²) in [6.45, 7) is 1.18. The summed E-state index contributed by atoms with van der Waals surface area (Å²) in [7, 11) is 0. The normalized spacial score (nSPS) is 18.6. The summed E-state index contributed by atoms with van der Waals surface area (Å²) in [6.07, 6.45) is 1.93. The van der Waals surface area contributed by atoms with E-state index in [1.54, 1.807) is 11.3 Å². The van der Waals surface area contributed by atoms with E-state index in [9.17, 15) is 4.79 Å². The predicted molar refractivity (Wildman–Crippen MR) is 70.5 cm³/mol. The summed E-state index contributed by atoms with van der Waals surface area (Å²) in [5.41, 5.74) is 0. The monoisotopic (exact) mass is 278 g/mol. The highest BCUT2D eigenvalue weighted by Crippen LogP contribution is 2.21. The maximum Gasteiger partial charge on any atom is 0.246 e. The van der Waals surface area contributed by atoms with Crippen LogP contribution in [-0.2, 0) is 11.3 Å². The third-order valence-electron chi connectivity index (χ3n) is 3.00. The molecule has 0 bridgehead atoms. The van der Waals surface area contributed by atoms with Crippen LogP contribution in [0.25, 0.3) is 10.7 Å². The van der Waals surface area contributed by atoms with Crippen LogP contribution in [0.5, 0.6) is 0 Å². The van der Waals surface area contributed by atoms with Crippen LogP contribution in [0.4, 0.5) is 0 Å². The van der Waals surface area contributed by atoms with Gasteiger partial charge in [-0.3, -0.25) is 4.79 Å². The first-order valence-corrected chi connectivity index (χ1v) is 7.08. The molecule has 1 fully saturated rings. The van der Waals surface area contributed by atoms with E-state index in [0.29, 0.717) is 11.7 Å². The lowest BCUT2D eigenvalue weighted by Gasteiger charge is -2.08. The van der Waals surface area contributed by atoms with Crippen molar-refractivity contribution in [3.63, 3.8) is 0 Å². The van der Waals surface area contributed by atoms with Crippen LogP contribution in [0.2, 0.25) is 0 Å². The Hall–Kier alpha value is -1.73. The van der Waals surface area contributed by atoms with Crippen LogP contribution in [-0.4, -0.2) is 28.6 Å². The van der Waals surface area contributed by atoms with Gasteiger partial charge < -0.3 is 15.2 Å². The van der Waals surface area contributed by atoms with Gasteiger partial charge in [-0.15, -0.1) is 11.3 Å². The van der Waals surface area contributed by atoms with Crippen LogP contribution in [0.1, 0.15) is 18.7 Å². The molecule has 3 heterocycles. The van der Waals surface area contributed by atoms with Gasteiger partial charge >= 0.3 is 0 Å². The number of thiophene rings is 1. The van der Waals surface area contributed by atoms with E-state index < -0.39 is 0 Å². The molecule has 1 saturated heterocycles. The van der Waals surface area contributed by atoms with Gasteiger partial charge in [0.15, 0.2) is 0 Å². The number of hydrogen-bond acceptors (Lipinski definition) is 6. The fraction of sp³-hybridized carbons (Fsp3) is 0.417. The number of carbonyl (C=O) groups excluding carboxylic acids is 1. The number of hydrogen-bond donors (Lipinski definition) is 2. The van der Waals surface area contributed by atoms with Crippen LogP contribution in [0, 0.1) is 0 Å². The molecule has 6 nitrogen and oxygen atoms in total. The number of nitrogens with zero attached hydrogens (tertiary/aromatic N) is 2. The topological polar surface area (TPSA) is 80.1 Å². The summed E-state index contributed by atoms with van der Waals surface area (Å²) in [5.74, 6) is 0.987. The van der Waals surface area contributed by atoms with Crippen molar-refractivity contribution in [3.05, 3.63) is 23.4 Å². The van der Waals surface area contributed by atoms with Crippen molar-refractivity contribution in [3.8, 4) is 10.7 Å². The van der Waals surface area contributed by atoms with Crippen molar-refractivity contribution in [1.82, 2.24) is 20.8 Å². The zero-order chi connectivity index (χ0) is 13.1. The summed E-state index contributed by atoms with van der Waals surface area (Å²) in [5, 5.41) is 11.8. The van der Waals surface area contributed by atoms with Crippen LogP contribution >= 0.6 is 11.3 Å². The Morgan fingerprint density at radius 3 is 3.32 bits per heavy atom. The van der Waals surface area contributed by atoms with E-state index in [1.165, 1.54) is 0 Å². The molecule has 1 atom stereocenters. The maximum atomic E-state index is 11.8. The average Bonchev–Trinajstić information content (AvgIpc) is 3.14. The first-order chi connectivity index (χ1) is 9.33. The number of carbonyl (C=O) groups is 1. The Bertz CT molecular complexity index is 546. The number of amides is 1. The third-order valence-corrected chi connectivity index (χ3v) is 3.87. The lowest BCUT2D eigenvalue weighted by atomic mass is 10.2. The Balaban J connectivity index is 1.57. The molecule has 1 unspecified atom stereocenters. The first kappa shape index (κ1) is 12.3. The molecule has 1 aliphatic rings. The molecule has 19 heavy (non-hydrogen) atoms. The average molecular weight is 278 g/mol. The fourth-order valence-corrected chi connectivity index (χ4v) is 2.68. The van der Waals surface area contributed by atoms with E-state index in [2.05, 4.69) is 20.8 Å². The van der Waals surface area contributed by atoms with E-state index in [0.717, 1.165) is 24.3 Å². The summed E-state index contributed by atoms with van der Waals surface area (Å²) < 4.78 is 5.11. The van der Waals surface area contributed by atoms with Crippen molar-refractivity contribution >= 4 is 17.2 Å². The summed E-state index contributed by atoms with van der Waals surface area (Å²) >= 11 is 1.55. The number of nitrogens with one attached hydrogen (secondary N) is 2. The SMILES string of the molecule is O=C(NCc1nc(-c2cccs2)no1)C1CCCN1. The molecule has 2 aromatic rings. The molecule has 3 rings (SSSR count). The lowest BCUT2D eigenvalue weighted by Crippen LogP contribution is -2.40. The number of rotatable bonds is 4. The van der Waals surface area contributed by atoms with Crippen LogP contribution in [0.3, 0.4) is 0 Å². The van der Waals surface area contributed by atoms with Crippen molar-refractivity contribution in [1.29, 1.82) is 0 Å². The van der Waals surface area contributed by atoms with E-state index in [4.69, 9.17) is 4.52 Å². The summed E-state index contributed by atoms with van der Waals surface area (Å²) in [6, 6.07) is 3.78. The molecule has 0 radical (unpaired) electrons. The first-order valence-electron chi connectivity index (χ1n) is 6.20. The molecule has 2 aromatic heterocycles. The van der Waals surface area contributed by atoms with Gasteiger partial charge in [0.25, 0.3) is 0 Å². The highest BCUT2D eigenvalue weighted by Gasteiger charge is 2.22. The lowest BCUT2D eigenvalue weighted by molar-refractivity contribution is -0.123. The minimum Gasteiger partial charge on any atom is -0.346 e. The largest absolute Gasteiger partial charge is 0.346 e. The molecule has 100 valence electrons. The Kier molecular flexibility index (Phi) is 3.56. The minimum atomic E-state index is -0.0836. The zero-order valence-corrected chi connectivity index (χ0v) is 11.1. The van der Waals surface area contributed by atoms with Gasteiger partial charge in [0, 0.05) is 0 Å². The molecule has 7 heteroatoms. The molecular formula is C12H14N4O2S. The third kappa shape index (κ3) is 2.82. The van der Waals surface area contributed by atoms with E-state index in [1.807, 2.05) is 17.5 Å². The second kappa shape index (κ2) is 5.50. The van der Waals surface area contributed by atoms with Gasteiger partial charge in [-0.1, -0.05) is 11.2 Å². The molecule has 1 aliphatic heterocycles. The smallest absolute Gasteiger partial charge is 0.246 e. The fourth-order valence-electron chi connectivity index (χ4n) is 2.03. The Labute approximate surface area is 114 Å². The molecule has 0 aliphatic carbocycles. The predicted octanol–water partition coefficient (Wildman–Crippen LogP) is 1.17. The van der Waals surface area contributed by atoms with Gasteiger partial charge in [-0.05, 0) is 30.8 Å². The zero-order valence-electron chi connectivity index (χ0n) is 10.3. The quantitative estimate of drug-likeness (QED) is 0.877. The molecule has 1 amide bonds. The highest BCUT2D eigenvalue weighted by atomic mass is 32.1. The molecule has 2 N–H and O–H groups in total. The Morgan fingerprint density at radius 2 is 2.58 bits per heavy atom. The maximum absolute atomic E-state index is 11.8. The van der Waals surface area contributed by atoms with Crippen molar-refractivity contribution in [2.45, 2.75) is 25.4 Å². The van der Waals surface area contributed by atoms with Gasteiger partial charge in [-0.2, -0.15) is 4.98 Å². The summed E-state index contributed by atoms with van der Waals surface area (Å²) in [4.78, 5) is 17.0. The number of aromatic nitrogens is 2. The van der Waals surface area contributed by atoms with Crippen molar-refractivity contribution in [2.24, 2.45) is 0 Å². The van der Waals surface area contributed by atoms with Gasteiger partial charge in [0.1, 0.15) is 0 Å². The molecule has 0 aromatic carbocycles. The van der Waals surface area contributed by atoms with E-state index >= 15 is 0 Å². The second-order valence-electron chi connectivity index (χ2n) is 4.36. The van der Waals surface area contributed by atoms with Crippen LogP contribution in [0.15, 0.2) is 22.0 Å². The second-order valence-corrected chi connectivity index (χ2v) is 5.30. The van der Waals surface area contributed by atoms with Gasteiger partial charge in [0.05, 0.1) is 17.5 Å². The highest BCUT2D eigenvalue weighted by molar-refractivity contribution is 7.13. The van der Waals surface area contributed by atoms with Crippen LogP contribution < -0.4 is 10.6 Å². The van der Waals surface area contributed by atoms with Gasteiger partial charge in [0.2, 0.25) is 17.6 Å². The van der Waals surface area contributed by atoms with E-state index in [-0.39, 0.29) is 18.5 Å². The Morgan fingerprint density at radius 1 is 1.63 bits per heavy atom. The molecule has 0 spiro atoms. The molecular weight excluding hydrogens is 264 g/mol. The van der Waals surface area contributed by atoms with Crippen molar-refractivity contribution < 1.29 is 9.32 Å². The van der Waals surface area contributed by atoms with Crippen molar-refractivity contribution in [2.75, 3.05) is 6.54 Å². The minimum absolute atomic E-state index is 0.00614. The van der Waals surface area contributed by atoms with Gasteiger partial charge in [-0.25, -0.2) is 0 Å². The standard InChI is InChI=1S/C12H14N4O2S/c17-12(8-3-1-5-13-8)14-7-10-15-11(16-18-10)9-4-2-6-19-9/h2,4,6,8,13H,1,3,5,7H2,(H,14,17). The molecule has 0 saturated carbocycles.